The number of rotatable bonds is 11. The Kier molecular flexibility index (Phi) is 24.8. The van der Waals surface area contributed by atoms with Gasteiger partial charge < -0.3 is 58.6 Å². The van der Waals surface area contributed by atoms with Crippen molar-refractivity contribution in [2.24, 2.45) is 35.5 Å². The van der Waals surface area contributed by atoms with Crippen LogP contribution in [0.2, 0.25) is 0 Å². The lowest BCUT2D eigenvalue weighted by atomic mass is 9.78. The first-order chi connectivity index (χ1) is 37.5. The van der Waals surface area contributed by atoms with Crippen LogP contribution in [-0.2, 0) is 68.3 Å². The number of imidazole rings is 1. The molecule has 0 spiro atoms. The third kappa shape index (κ3) is 17.6. The highest BCUT2D eigenvalue weighted by molar-refractivity contribution is 6.39. The number of fused-ring (bicyclic) bond motifs is 3. The second-order valence-corrected chi connectivity index (χ2v) is 22.5. The maximum atomic E-state index is 14.6. The second kappa shape index (κ2) is 30.4. The summed E-state index contributed by atoms with van der Waals surface area (Å²) in [5.41, 5.74) is 1.81. The van der Waals surface area contributed by atoms with Gasteiger partial charge in [0.2, 0.25) is 5.79 Å². The summed E-state index contributed by atoms with van der Waals surface area (Å²) in [5, 5.41) is 26.2. The molecule has 1 saturated carbocycles. The molecule has 4 N–H and O–H groups in total. The minimum atomic E-state index is -2.48. The molecule has 1 aliphatic carbocycles. The lowest BCUT2D eigenvalue weighted by Crippen LogP contribution is -2.61. The molecule has 5 rings (SSSR count). The van der Waals surface area contributed by atoms with Crippen molar-refractivity contribution < 1.29 is 76.9 Å². The maximum absolute atomic E-state index is 14.6. The quantitative estimate of drug-likeness (QED) is 0.0805. The Morgan fingerprint density at radius 2 is 1.65 bits per heavy atom. The van der Waals surface area contributed by atoms with Gasteiger partial charge in [0.25, 0.3) is 11.7 Å². The molecule has 2 amide bonds. The summed E-state index contributed by atoms with van der Waals surface area (Å²) in [6, 6.07) is -2.26. The third-order valence-corrected chi connectivity index (χ3v) is 16.5. The van der Waals surface area contributed by atoms with E-state index in [0.29, 0.717) is 69.1 Å². The number of methoxy groups -OCH3 is 4. The molecule has 440 valence electrons. The molecule has 2 saturated heterocycles. The average Bonchev–Trinajstić information content (AvgIpc) is 4.03. The van der Waals surface area contributed by atoms with E-state index >= 15 is 0 Å². The first-order valence-corrected chi connectivity index (χ1v) is 28.1. The Bertz CT molecular complexity index is 2350. The minimum absolute atomic E-state index is 0.0127. The Morgan fingerprint density at radius 1 is 0.899 bits per heavy atom. The van der Waals surface area contributed by atoms with Crippen LogP contribution in [0, 0.1) is 35.5 Å². The molecule has 4 heterocycles. The summed E-state index contributed by atoms with van der Waals surface area (Å²) in [6.07, 6.45) is 11.8. The summed E-state index contributed by atoms with van der Waals surface area (Å²) in [7, 11) is 5.66. The topological polar surface area (TPSA) is 269 Å². The molecule has 20 nitrogen and oxygen atoms in total. The number of alkyl carbamates (subject to hydrolysis) is 1. The number of Topliss-reactive ketones (excluding diaryl/α,β-unsaturated/α-hetero) is 3. The number of nitrogens with zero attached hydrogens (tertiary/aromatic N) is 2. The lowest BCUT2D eigenvalue weighted by molar-refractivity contribution is -0.265. The molecule has 3 fully saturated rings. The van der Waals surface area contributed by atoms with E-state index in [9.17, 15) is 43.8 Å². The molecule has 10 unspecified atom stereocenters. The zero-order chi connectivity index (χ0) is 58.1. The lowest BCUT2D eigenvalue weighted by Gasteiger charge is -2.42. The number of aliphatic hydroxyl groups excluding tert-OH is 1. The predicted octanol–water partition coefficient (Wildman–Crippen LogP) is 6.42. The van der Waals surface area contributed by atoms with Crippen LogP contribution in [-0.4, -0.2) is 162 Å². The number of allylic oxidation sites excluding steroid dienone is 6. The van der Waals surface area contributed by atoms with Gasteiger partial charge in [-0.25, -0.2) is 19.4 Å². The van der Waals surface area contributed by atoms with Gasteiger partial charge in [-0.1, -0.05) is 71.1 Å². The molecule has 4 aliphatic rings. The second-order valence-electron chi connectivity index (χ2n) is 22.5. The van der Waals surface area contributed by atoms with Crippen LogP contribution in [0.25, 0.3) is 0 Å². The number of piperidine rings is 1. The van der Waals surface area contributed by atoms with Crippen molar-refractivity contribution in [3.63, 3.8) is 0 Å². The maximum Gasteiger partial charge on any atom is 0.408 e. The van der Waals surface area contributed by atoms with E-state index in [1.54, 1.807) is 40.9 Å². The first-order valence-electron chi connectivity index (χ1n) is 28.1. The number of hydrogen-bond acceptors (Lipinski definition) is 17. The normalized spacial score (nSPS) is 35.5. The molecule has 16 atom stereocenters. The predicted molar refractivity (Wildman–Crippen MR) is 291 cm³/mol. The van der Waals surface area contributed by atoms with E-state index in [0.717, 1.165) is 10.5 Å². The SMILES string of the molecule is COC(=O)C(Cc1cnc[nH]1)NC(=O)O[C@@H]1CCC(CC(C)C2CC(=O)C(C)/C=C(\C)[C@@H](O)C(OC)C(=O)[C@H](C)CC(C)\C=C/C=C/C=C(\C)C(OC)CC3CC[C@@H](C)[C@@](O)(O3)C(=O)C(=O)N3CCCC[C@H]3C(=O)O2)CC1OC. The number of ketones is 3. The van der Waals surface area contributed by atoms with Gasteiger partial charge in [-0.15, -0.1) is 0 Å². The van der Waals surface area contributed by atoms with Gasteiger partial charge in [0, 0.05) is 76.8 Å². The molecule has 3 aliphatic heterocycles. The van der Waals surface area contributed by atoms with Crippen LogP contribution in [0.15, 0.2) is 60.1 Å². The van der Waals surface area contributed by atoms with Crippen molar-refractivity contribution in [2.45, 2.75) is 193 Å². The van der Waals surface area contributed by atoms with Crippen molar-refractivity contribution in [3.05, 3.63) is 65.8 Å². The molecule has 0 radical (unpaired) electrons. The van der Waals surface area contributed by atoms with E-state index in [1.807, 2.05) is 51.2 Å². The summed E-state index contributed by atoms with van der Waals surface area (Å²) in [4.78, 5) is 105. The fourth-order valence-electron chi connectivity index (χ4n) is 11.5. The Labute approximate surface area is 465 Å². The number of carbonyl (C=O) groups excluding carboxylic acids is 7. The van der Waals surface area contributed by atoms with Gasteiger partial charge in [0.1, 0.15) is 42.3 Å². The molecule has 0 aromatic carbocycles. The van der Waals surface area contributed by atoms with E-state index in [-0.39, 0.29) is 55.6 Å². The van der Waals surface area contributed by atoms with Crippen molar-refractivity contribution in [2.75, 3.05) is 35.0 Å². The number of H-pyrrole nitrogens is 1. The number of esters is 2. The van der Waals surface area contributed by atoms with Gasteiger partial charge in [-0.3, -0.25) is 19.2 Å². The molecule has 1 aromatic heterocycles. The third-order valence-electron chi connectivity index (χ3n) is 16.5. The number of aromatic amines is 1. The summed E-state index contributed by atoms with van der Waals surface area (Å²) < 4.78 is 40.6. The largest absolute Gasteiger partial charge is 0.467 e. The number of amides is 2. The smallest absolute Gasteiger partial charge is 0.408 e. The van der Waals surface area contributed by atoms with E-state index in [2.05, 4.69) is 15.3 Å². The van der Waals surface area contributed by atoms with E-state index in [4.69, 9.17) is 33.2 Å². The number of aromatic nitrogens is 2. The number of aliphatic hydroxyl groups is 2. The van der Waals surface area contributed by atoms with Crippen LogP contribution in [0.4, 0.5) is 4.79 Å². The van der Waals surface area contributed by atoms with E-state index in [1.165, 1.54) is 33.9 Å². The Morgan fingerprint density at radius 3 is 2.32 bits per heavy atom. The molecule has 1 aromatic rings. The number of nitrogens with one attached hydrogen (secondary N) is 2. The molecular weight excluding hydrogens is 1020 g/mol. The zero-order valence-electron chi connectivity index (χ0n) is 48.2. The number of cyclic esters (lactones) is 1. The number of ether oxygens (including phenoxy) is 7. The van der Waals surface area contributed by atoms with Gasteiger partial charge in [-0.05, 0) is 107 Å². The molecule has 2 bridgehead atoms. The van der Waals surface area contributed by atoms with Gasteiger partial charge in [0.05, 0.1) is 31.7 Å². The van der Waals surface area contributed by atoms with Crippen LogP contribution in [0.3, 0.4) is 0 Å². The van der Waals surface area contributed by atoms with E-state index < -0.39 is 114 Å². The highest BCUT2D eigenvalue weighted by Gasteiger charge is 2.53. The monoisotopic (exact) mass is 1110 g/mol. The summed E-state index contributed by atoms with van der Waals surface area (Å²) in [6.45, 7) is 12.5. The fraction of sp³-hybridized carbons (Fsp3) is 0.695. The molecule has 20 heteroatoms. The number of hydrogen-bond donors (Lipinski definition) is 4. The Balaban J connectivity index is 1.42. The van der Waals surface area contributed by atoms with Crippen LogP contribution in [0.5, 0.6) is 0 Å². The molecular formula is C59H88N4O16. The molecule has 79 heavy (non-hydrogen) atoms. The van der Waals surface area contributed by atoms with Crippen LogP contribution in [0.1, 0.15) is 131 Å². The highest BCUT2D eigenvalue weighted by atomic mass is 16.6. The van der Waals surface area contributed by atoms with Crippen molar-refractivity contribution in [1.29, 1.82) is 0 Å². The van der Waals surface area contributed by atoms with Gasteiger partial charge in [0.15, 0.2) is 5.78 Å². The van der Waals surface area contributed by atoms with Crippen molar-refractivity contribution >= 4 is 41.3 Å². The van der Waals surface area contributed by atoms with Crippen molar-refractivity contribution in [3.8, 4) is 0 Å². The zero-order valence-corrected chi connectivity index (χ0v) is 48.2. The first kappa shape index (κ1) is 64.4. The van der Waals surface area contributed by atoms with Crippen molar-refractivity contribution in [1.82, 2.24) is 20.2 Å². The fourth-order valence-corrected chi connectivity index (χ4v) is 11.5. The Hall–Kier alpha value is -5.38. The summed E-state index contributed by atoms with van der Waals surface area (Å²) in [5.74, 6) is -9.38. The minimum Gasteiger partial charge on any atom is -0.467 e. The average molecular weight is 1110 g/mol. The van der Waals surface area contributed by atoms with Crippen LogP contribution >= 0.6 is 0 Å². The van der Waals surface area contributed by atoms with Gasteiger partial charge >= 0.3 is 18.0 Å². The van der Waals surface area contributed by atoms with Gasteiger partial charge in [-0.2, -0.15) is 0 Å². The summed E-state index contributed by atoms with van der Waals surface area (Å²) >= 11 is 0. The van der Waals surface area contributed by atoms with Crippen LogP contribution < -0.4 is 5.32 Å². The number of carbonyl (C=O) groups is 7. The highest BCUT2D eigenvalue weighted by Crippen LogP contribution is 2.38. The standard InChI is InChI=1S/C59H88N4O16/c1-34-17-13-12-14-18-35(2)48(73-8)30-43-22-20-40(7)59(72,79-43)54(67)55(68)63-24-16-15-19-45(63)57(70)77-49(31-46(64)36(3)26-39(6)52(66)53(75-10)51(65)38(5)25-34)37(4)27-41-21-23-47(50(28-41)74-9)78-58(71)62-44(56(69)76-11)29-42-32-60-33-61-42/h12-14,17-18,26,32-34,36-38,40-41,43-45,47-50,52-53,66,72H,15-16,19-25,27-31H2,1-11H3,(H,60,61)(H,62,71)/b14-12+,17-13-,35-18+,39-26+/t34?,36?,37?,38-,40-,41?,43?,44?,45+,47-,48?,49?,50?,52-,53?,59-/m1/s1.